The van der Waals surface area contributed by atoms with Crippen LogP contribution in [0.4, 0.5) is 5.69 Å². The molecule has 0 radical (unpaired) electrons. The van der Waals surface area contributed by atoms with Crippen molar-refractivity contribution in [3.63, 3.8) is 0 Å². The van der Waals surface area contributed by atoms with Gasteiger partial charge in [-0.2, -0.15) is 0 Å². The Balaban J connectivity index is 1.66. The molecule has 6 nitrogen and oxygen atoms in total. The number of hydrogen-bond donors (Lipinski definition) is 0. The first-order valence-corrected chi connectivity index (χ1v) is 8.03. The van der Waals surface area contributed by atoms with Crippen LogP contribution in [0.25, 0.3) is 0 Å². The number of carbonyl (C=O) groups excluding carboxylic acids is 1. The van der Waals surface area contributed by atoms with Crippen molar-refractivity contribution in [1.29, 1.82) is 0 Å². The molecule has 2 aromatic rings. The maximum atomic E-state index is 12.4. The first-order chi connectivity index (χ1) is 11.8. The molecular weight excluding hydrogens is 308 g/mol. The van der Waals surface area contributed by atoms with Crippen molar-refractivity contribution >= 4 is 11.6 Å². The smallest absolute Gasteiger partial charge is 0.250 e. The zero-order valence-electron chi connectivity index (χ0n) is 13.2. The first-order valence-electron chi connectivity index (χ1n) is 8.03. The predicted octanol–water partition coefficient (Wildman–Crippen LogP) is 3.04. The van der Waals surface area contributed by atoms with Gasteiger partial charge < -0.3 is 13.9 Å². The van der Waals surface area contributed by atoms with Crippen molar-refractivity contribution in [3.05, 3.63) is 48.7 Å². The molecule has 1 fully saturated rings. The highest BCUT2D eigenvalue weighted by Gasteiger charge is 2.29. The topological polar surface area (TPSA) is 64.8 Å². The molecule has 2 heterocycles. The van der Waals surface area contributed by atoms with E-state index < -0.39 is 0 Å². The van der Waals surface area contributed by atoms with Gasteiger partial charge in [-0.15, -0.1) is 0 Å². The Kier molecular flexibility index (Phi) is 3.72. The quantitative estimate of drug-likeness (QED) is 0.790. The average molecular weight is 326 g/mol. The largest absolute Gasteiger partial charge is 0.486 e. The van der Waals surface area contributed by atoms with Crippen molar-refractivity contribution < 1.29 is 18.7 Å². The number of amides is 1. The van der Waals surface area contributed by atoms with E-state index in [1.807, 2.05) is 18.2 Å². The molecule has 0 atom stereocenters. The Labute approximate surface area is 139 Å². The Morgan fingerprint density at radius 2 is 2.17 bits per heavy atom. The Morgan fingerprint density at radius 3 is 2.96 bits per heavy atom. The second-order valence-corrected chi connectivity index (χ2v) is 5.87. The first kappa shape index (κ1) is 14.8. The molecule has 0 bridgehead atoms. The predicted molar refractivity (Wildman–Crippen MR) is 87.3 cm³/mol. The molecule has 1 saturated carbocycles. The summed E-state index contributed by atoms with van der Waals surface area (Å²) >= 11 is 0. The standard InChI is InChI=1S/C18H18N2O4/c1-2-16(21)20(11-13-10-19-18(24-13)12-6-7-12)14-4-3-5-15-17(14)23-9-8-22-15/h2-5,10,12H,1,6-9,11H2. The minimum absolute atomic E-state index is 0.234. The van der Waals surface area contributed by atoms with Crippen LogP contribution in [-0.4, -0.2) is 24.1 Å². The summed E-state index contributed by atoms with van der Waals surface area (Å²) in [4.78, 5) is 18.3. The van der Waals surface area contributed by atoms with E-state index in [1.165, 1.54) is 6.08 Å². The van der Waals surface area contributed by atoms with Crippen LogP contribution < -0.4 is 14.4 Å². The molecule has 4 rings (SSSR count). The van der Waals surface area contributed by atoms with Gasteiger partial charge in [0.05, 0.1) is 18.4 Å². The zero-order valence-corrected chi connectivity index (χ0v) is 13.2. The highest BCUT2D eigenvalue weighted by Crippen LogP contribution is 2.41. The number of carbonyl (C=O) groups is 1. The van der Waals surface area contributed by atoms with Crippen molar-refractivity contribution in [2.75, 3.05) is 18.1 Å². The fourth-order valence-electron chi connectivity index (χ4n) is 2.73. The summed E-state index contributed by atoms with van der Waals surface area (Å²) < 4.78 is 17.1. The summed E-state index contributed by atoms with van der Waals surface area (Å²) in [7, 11) is 0. The lowest BCUT2D eigenvalue weighted by Gasteiger charge is -2.26. The second-order valence-electron chi connectivity index (χ2n) is 5.87. The monoisotopic (exact) mass is 326 g/mol. The van der Waals surface area contributed by atoms with Gasteiger partial charge >= 0.3 is 0 Å². The number of benzene rings is 1. The highest BCUT2D eigenvalue weighted by molar-refractivity contribution is 6.02. The lowest BCUT2D eigenvalue weighted by molar-refractivity contribution is -0.114. The molecule has 2 aliphatic rings. The van der Waals surface area contributed by atoms with Crippen LogP contribution in [0.15, 0.2) is 41.5 Å². The van der Waals surface area contributed by atoms with Crippen LogP contribution in [0, 0.1) is 0 Å². The molecule has 1 amide bonds. The molecule has 1 aliphatic carbocycles. The van der Waals surface area contributed by atoms with E-state index in [0.29, 0.717) is 42.1 Å². The molecule has 0 spiro atoms. The van der Waals surface area contributed by atoms with Crippen LogP contribution in [0.3, 0.4) is 0 Å². The third-order valence-corrected chi connectivity index (χ3v) is 4.09. The summed E-state index contributed by atoms with van der Waals surface area (Å²) in [6.07, 6.45) is 5.20. The van der Waals surface area contributed by atoms with Gasteiger partial charge in [0.2, 0.25) is 0 Å². The molecule has 124 valence electrons. The number of aromatic nitrogens is 1. The average Bonchev–Trinajstić information content (AvgIpc) is 3.37. The number of fused-ring (bicyclic) bond motifs is 1. The summed E-state index contributed by atoms with van der Waals surface area (Å²) in [6, 6.07) is 5.49. The van der Waals surface area contributed by atoms with E-state index >= 15 is 0 Å². The van der Waals surface area contributed by atoms with Gasteiger partial charge in [0, 0.05) is 5.92 Å². The van der Waals surface area contributed by atoms with Gasteiger partial charge in [0.25, 0.3) is 5.91 Å². The Hall–Kier alpha value is -2.76. The molecule has 1 aromatic heterocycles. The van der Waals surface area contributed by atoms with Gasteiger partial charge in [-0.25, -0.2) is 4.98 Å². The van der Waals surface area contributed by atoms with Crippen LogP contribution in [0.1, 0.15) is 30.4 Å². The van der Waals surface area contributed by atoms with Crippen molar-refractivity contribution in [1.82, 2.24) is 4.98 Å². The maximum absolute atomic E-state index is 12.4. The summed E-state index contributed by atoms with van der Waals surface area (Å²) in [5.41, 5.74) is 0.640. The van der Waals surface area contributed by atoms with Crippen LogP contribution in [0.2, 0.25) is 0 Å². The molecule has 0 N–H and O–H groups in total. The van der Waals surface area contributed by atoms with E-state index in [4.69, 9.17) is 13.9 Å². The highest BCUT2D eigenvalue weighted by atomic mass is 16.6. The van der Waals surface area contributed by atoms with E-state index in [9.17, 15) is 4.79 Å². The molecule has 0 saturated heterocycles. The van der Waals surface area contributed by atoms with Crippen molar-refractivity contribution in [3.8, 4) is 11.5 Å². The van der Waals surface area contributed by atoms with Gasteiger partial charge in [0.1, 0.15) is 19.0 Å². The van der Waals surface area contributed by atoms with Gasteiger partial charge in [0.15, 0.2) is 17.4 Å². The van der Waals surface area contributed by atoms with Crippen molar-refractivity contribution in [2.24, 2.45) is 0 Å². The number of rotatable bonds is 5. The molecule has 24 heavy (non-hydrogen) atoms. The minimum Gasteiger partial charge on any atom is -0.486 e. The van der Waals surface area contributed by atoms with Crippen LogP contribution in [-0.2, 0) is 11.3 Å². The number of hydrogen-bond acceptors (Lipinski definition) is 5. The number of ether oxygens (including phenoxy) is 2. The summed E-state index contributed by atoms with van der Waals surface area (Å²) in [5, 5.41) is 0. The maximum Gasteiger partial charge on any atom is 0.250 e. The molecular formula is C18H18N2O4. The summed E-state index contributed by atoms with van der Waals surface area (Å²) in [6.45, 7) is 4.81. The minimum atomic E-state index is -0.234. The molecule has 1 aromatic carbocycles. The summed E-state index contributed by atoms with van der Waals surface area (Å²) in [5.74, 6) is 2.80. The third kappa shape index (κ3) is 2.75. The van der Waals surface area contributed by atoms with Crippen LogP contribution in [0.5, 0.6) is 11.5 Å². The number of para-hydroxylation sites is 1. The second kappa shape index (κ2) is 6.03. The Bertz CT molecular complexity index is 779. The van der Waals surface area contributed by atoms with E-state index in [1.54, 1.807) is 11.1 Å². The van der Waals surface area contributed by atoms with E-state index in [0.717, 1.165) is 18.7 Å². The fourth-order valence-corrected chi connectivity index (χ4v) is 2.73. The van der Waals surface area contributed by atoms with Gasteiger partial charge in [-0.1, -0.05) is 12.6 Å². The third-order valence-electron chi connectivity index (χ3n) is 4.09. The van der Waals surface area contributed by atoms with Gasteiger partial charge in [-0.3, -0.25) is 9.69 Å². The van der Waals surface area contributed by atoms with E-state index in [2.05, 4.69) is 11.6 Å². The SMILES string of the molecule is C=CC(=O)N(Cc1cnc(C2CC2)o1)c1cccc2c1OCCO2. The molecule has 1 aliphatic heterocycles. The lowest BCUT2D eigenvalue weighted by atomic mass is 10.2. The van der Waals surface area contributed by atoms with Crippen molar-refractivity contribution in [2.45, 2.75) is 25.3 Å². The zero-order chi connectivity index (χ0) is 16.5. The number of anilines is 1. The van der Waals surface area contributed by atoms with Crippen LogP contribution >= 0.6 is 0 Å². The lowest BCUT2D eigenvalue weighted by Crippen LogP contribution is -2.30. The van der Waals surface area contributed by atoms with Gasteiger partial charge in [-0.05, 0) is 31.1 Å². The molecule has 6 heteroatoms. The fraction of sp³-hybridized carbons (Fsp3) is 0.333. The van der Waals surface area contributed by atoms with E-state index in [-0.39, 0.29) is 12.5 Å². The molecule has 0 unspecified atom stereocenters. The number of oxazole rings is 1. The normalized spacial score (nSPS) is 15.8. The Morgan fingerprint density at radius 1 is 1.33 bits per heavy atom. The number of nitrogens with zero attached hydrogens (tertiary/aromatic N) is 2.